The lowest BCUT2D eigenvalue weighted by atomic mass is 10.0. The second-order valence-corrected chi connectivity index (χ2v) is 33.8. The maximum atomic E-state index is 13.1. The summed E-state index contributed by atoms with van der Waals surface area (Å²) in [5.41, 5.74) is 0. The van der Waals surface area contributed by atoms with Crippen molar-refractivity contribution in [2.75, 3.05) is 39.6 Å². The molecule has 5 atom stereocenters. The normalized spacial score (nSPS) is 13.7. The van der Waals surface area contributed by atoms with Crippen molar-refractivity contribution in [2.24, 2.45) is 0 Å². The molecule has 0 amide bonds. The zero-order chi connectivity index (χ0) is 76.7. The number of hydrogen-bond acceptors (Lipinski definition) is 15. The zero-order valence-corrected chi connectivity index (χ0v) is 70.5. The molecule has 0 rings (SSSR count). The molecular formula is C86H168O17P2. The van der Waals surface area contributed by atoms with E-state index < -0.39 is 97.5 Å². The smallest absolute Gasteiger partial charge is 0.462 e. The molecule has 0 heterocycles. The van der Waals surface area contributed by atoms with Crippen LogP contribution in [0.3, 0.4) is 0 Å². The van der Waals surface area contributed by atoms with Crippen LogP contribution < -0.4 is 0 Å². The molecule has 0 aromatic rings. The maximum Gasteiger partial charge on any atom is 0.472 e. The summed E-state index contributed by atoms with van der Waals surface area (Å²) in [5, 5.41) is 10.7. The van der Waals surface area contributed by atoms with Gasteiger partial charge in [0.1, 0.15) is 19.3 Å². The first-order valence-electron chi connectivity index (χ1n) is 44.8. The van der Waals surface area contributed by atoms with Crippen LogP contribution in [0.4, 0.5) is 0 Å². The van der Waals surface area contributed by atoms with E-state index in [1.807, 2.05) is 0 Å². The van der Waals surface area contributed by atoms with Gasteiger partial charge in [0.2, 0.25) is 0 Å². The monoisotopic (exact) mass is 1540 g/mol. The fourth-order valence-corrected chi connectivity index (χ4v) is 15.1. The lowest BCUT2D eigenvalue weighted by molar-refractivity contribution is -0.161. The van der Waals surface area contributed by atoms with E-state index >= 15 is 0 Å². The number of carbonyl (C=O) groups is 4. The summed E-state index contributed by atoms with van der Waals surface area (Å²) >= 11 is 0. The predicted octanol–water partition coefficient (Wildman–Crippen LogP) is 26.5. The molecule has 17 nitrogen and oxygen atoms in total. The number of hydrogen-bond donors (Lipinski definition) is 3. The van der Waals surface area contributed by atoms with Gasteiger partial charge in [0.05, 0.1) is 26.4 Å². The van der Waals surface area contributed by atoms with Crippen molar-refractivity contribution >= 4 is 39.5 Å². The van der Waals surface area contributed by atoms with Crippen molar-refractivity contribution in [3.8, 4) is 0 Å². The molecule has 0 aromatic heterocycles. The highest BCUT2D eigenvalue weighted by atomic mass is 31.2. The van der Waals surface area contributed by atoms with Gasteiger partial charge in [0.25, 0.3) is 0 Å². The summed E-state index contributed by atoms with van der Waals surface area (Å²) in [6, 6.07) is 0. The summed E-state index contributed by atoms with van der Waals surface area (Å²) in [5.74, 6) is -2.10. The molecule has 105 heavy (non-hydrogen) atoms. The number of esters is 4. The summed E-state index contributed by atoms with van der Waals surface area (Å²) in [7, 11) is -9.92. The first-order chi connectivity index (χ1) is 51.2. The summed E-state index contributed by atoms with van der Waals surface area (Å²) in [4.78, 5) is 73.2. The third-order valence-corrected chi connectivity index (χ3v) is 22.3. The van der Waals surface area contributed by atoms with E-state index in [-0.39, 0.29) is 25.7 Å². The van der Waals surface area contributed by atoms with Gasteiger partial charge in [-0.15, -0.1) is 0 Å². The number of phosphoric ester groups is 2. The summed E-state index contributed by atoms with van der Waals surface area (Å²) in [6.07, 6.45) is 75.0. The van der Waals surface area contributed by atoms with Gasteiger partial charge in [-0.05, 0) is 25.7 Å². The fraction of sp³-hybridized carbons (Fsp3) is 0.953. The number of phosphoric acid groups is 2. The Labute approximate surface area is 645 Å². The maximum absolute atomic E-state index is 13.1. The van der Waals surface area contributed by atoms with Gasteiger partial charge in [-0.25, -0.2) is 9.13 Å². The molecule has 0 aromatic carbocycles. The second-order valence-electron chi connectivity index (χ2n) is 30.9. The van der Waals surface area contributed by atoms with Crippen LogP contribution in [0, 0.1) is 0 Å². The molecule has 0 aliphatic rings. The molecule has 0 saturated heterocycles. The summed E-state index contributed by atoms with van der Waals surface area (Å²) < 4.78 is 68.9. The first-order valence-corrected chi connectivity index (χ1v) is 47.8. The predicted molar refractivity (Wildman–Crippen MR) is 432 cm³/mol. The first kappa shape index (κ1) is 103. The molecule has 0 spiro atoms. The van der Waals surface area contributed by atoms with Gasteiger partial charge < -0.3 is 33.8 Å². The van der Waals surface area contributed by atoms with Crippen molar-refractivity contribution in [3.63, 3.8) is 0 Å². The lowest BCUT2D eigenvalue weighted by Crippen LogP contribution is -2.30. The van der Waals surface area contributed by atoms with E-state index in [1.54, 1.807) is 0 Å². The molecular weight excluding hydrogens is 1370 g/mol. The highest BCUT2D eigenvalue weighted by Gasteiger charge is 2.30. The van der Waals surface area contributed by atoms with E-state index in [1.165, 1.54) is 302 Å². The van der Waals surface area contributed by atoms with Gasteiger partial charge >= 0.3 is 39.5 Å². The quantitative estimate of drug-likeness (QED) is 0.0222. The van der Waals surface area contributed by atoms with Gasteiger partial charge in [-0.3, -0.25) is 37.3 Å². The van der Waals surface area contributed by atoms with E-state index in [9.17, 15) is 43.2 Å². The average molecular weight is 1540 g/mol. The van der Waals surface area contributed by atoms with Crippen LogP contribution in [0.1, 0.15) is 471 Å². The van der Waals surface area contributed by atoms with E-state index in [2.05, 4.69) is 27.7 Å². The fourth-order valence-electron chi connectivity index (χ4n) is 13.5. The number of carbonyl (C=O) groups excluding carboxylic acids is 4. The van der Waals surface area contributed by atoms with Crippen LogP contribution in [0.15, 0.2) is 0 Å². The minimum absolute atomic E-state index is 0.109. The third-order valence-electron chi connectivity index (χ3n) is 20.4. The average Bonchev–Trinajstić information content (AvgIpc) is 0.919. The van der Waals surface area contributed by atoms with Crippen LogP contribution >= 0.6 is 15.6 Å². The molecule has 19 heteroatoms. The Hall–Kier alpha value is -1.94. The molecule has 0 aliphatic carbocycles. The number of rotatable bonds is 87. The summed E-state index contributed by atoms with van der Waals surface area (Å²) in [6.45, 7) is 5.06. The standard InChI is InChI=1S/C86H168O17P2/c1-5-9-13-17-21-25-29-33-35-37-39-41-43-45-48-51-55-59-63-67-71-84(89)97-77-82(103-86(91)73-69-65-61-57-53-49-46-44-42-40-38-36-34-30-26-22-18-14-10-6-2)79-101-105(94,95)99-75-80(87)74-98-104(92,93)100-78-81(76-96-83(88)70-66-62-58-54-50-32-28-24-20-16-12-8-4)102-85(90)72-68-64-60-56-52-47-31-27-23-19-15-11-7-3/h80-82,87H,5-79H2,1-4H3,(H,92,93)(H,94,95)/t80-,81+,82+/m0/s1. The van der Waals surface area contributed by atoms with E-state index in [0.717, 1.165) is 89.9 Å². The highest BCUT2D eigenvalue weighted by Crippen LogP contribution is 2.45. The Morgan fingerprint density at radius 2 is 0.381 bits per heavy atom. The minimum atomic E-state index is -4.96. The number of aliphatic hydroxyl groups is 1. The van der Waals surface area contributed by atoms with E-state index in [0.29, 0.717) is 25.7 Å². The van der Waals surface area contributed by atoms with Gasteiger partial charge in [0.15, 0.2) is 12.2 Å². The SMILES string of the molecule is CCCCCCCCCCCCCCCCCCCCCCC(=O)OC[C@H](COP(=O)(O)OC[C@@H](O)COP(=O)(O)OC[C@@H](COC(=O)CCCCCCCCCCCCCC)OC(=O)CCCCCCCCCCCCCCC)OC(=O)CCCCCCCCCCCCCCCCCCCCCC. The molecule has 3 N–H and O–H groups in total. The Balaban J connectivity index is 5.23. The van der Waals surface area contributed by atoms with Crippen LogP contribution in [-0.4, -0.2) is 96.7 Å². The number of aliphatic hydroxyl groups excluding tert-OH is 1. The van der Waals surface area contributed by atoms with Gasteiger partial charge in [0, 0.05) is 25.7 Å². The van der Waals surface area contributed by atoms with Crippen LogP contribution in [-0.2, 0) is 65.4 Å². The molecule has 0 saturated carbocycles. The van der Waals surface area contributed by atoms with Gasteiger partial charge in [-0.2, -0.15) is 0 Å². The van der Waals surface area contributed by atoms with Crippen molar-refractivity contribution in [1.29, 1.82) is 0 Å². The van der Waals surface area contributed by atoms with Gasteiger partial charge in [-0.1, -0.05) is 419 Å². The Bertz CT molecular complexity index is 1980. The minimum Gasteiger partial charge on any atom is -0.462 e. The second kappa shape index (κ2) is 80.1. The Kier molecular flexibility index (Phi) is 78.6. The molecule has 0 fully saturated rings. The largest absolute Gasteiger partial charge is 0.472 e. The topological polar surface area (TPSA) is 237 Å². The molecule has 0 aliphatic heterocycles. The third kappa shape index (κ3) is 79.9. The van der Waals surface area contributed by atoms with Crippen molar-refractivity contribution in [1.82, 2.24) is 0 Å². The lowest BCUT2D eigenvalue weighted by Gasteiger charge is -2.21. The molecule has 2 unspecified atom stereocenters. The zero-order valence-electron chi connectivity index (χ0n) is 68.7. The van der Waals surface area contributed by atoms with Crippen molar-refractivity contribution < 1.29 is 80.2 Å². The molecule has 624 valence electrons. The van der Waals surface area contributed by atoms with Crippen LogP contribution in [0.25, 0.3) is 0 Å². The molecule has 0 bridgehead atoms. The highest BCUT2D eigenvalue weighted by molar-refractivity contribution is 7.47. The van der Waals surface area contributed by atoms with Crippen molar-refractivity contribution in [3.05, 3.63) is 0 Å². The van der Waals surface area contributed by atoms with E-state index in [4.69, 9.17) is 37.0 Å². The molecule has 0 radical (unpaired) electrons. The Morgan fingerprint density at radius 1 is 0.229 bits per heavy atom. The number of ether oxygens (including phenoxy) is 4. The van der Waals surface area contributed by atoms with Crippen LogP contribution in [0.2, 0.25) is 0 Å². The van der Waals surface area contributed by atoms with Crippen molar-refractivity contribution in [2.45, 2.75) is 489 Å². The van der Waals surface area contributed by atoms with Crippen LogP contribution in [0.5, 0.6) is 0 Å². The Morgan fingerprint density at radius 3 is 0.562 bits per heavy atom. The number of unbranched alkanes of at least 4 members (excludes halogenated alkanes) is 61.